The summed E-state index contributed by atoms with van der Waals surface area (Å²) >= 11 is 0. The highest BCUT2D eigenvalue weighted by molar-refractivity contribution is 7.45. The van der Waals surface area contributed by atoms with Gasteiger partial charge in [0.2, 0.25) is 0 Å². The molecule has 1 aliphatic rings. The van der Waals surface area contributed by atoms with Crippen molar-refractivity contribution >= 4 is 7.82 Å². The van der Waals surface area contributed by atoms with Crippen LogP contribution in [0.3, 0.4) is 0 Å². The molecule has 1 unspecified atom stereocenters. The zero-order chi connectivity index (χ0) is 18.8. The molecule has 1 saturated carbocycles. The second-order valence-electron chi connectivity index (χ2n) is 7.93. The molecule has 6 nitrogen and oxygen atoms in total. The topological polar surface area (TPSA) is 67.8 Å². The first-order valence-electron chi connectivity index (χ1n) is 9.33. The van der Waals surface area contributed by atoms with E-state index in [0.29, 0.717) is 35.9 Å². The summed E-state index contributed by atoms with van der Waals surface area (Å²) in [5, 5.41) is 0. The molecule has 25 heavy (non-hydrogen) atoms. The van der Waals surface area contributed by atoms with Gasteiger partial charge in [-0.3, -0.25) is 4.57 Å². The smallest absolute Gasteiger partial charge is 0.268 e. The van der Waals surface area contributed by atoms with Gasteiger partial charge in [0.25, 0.3) is 7.82 Å². The number of rotatable bonds is 13. The van der Waals surface area contributed by atoms with Gasteiger partial charge in [0, 0.05) is 13.2 Å². The summed E-state index contributed by atoms with van der Waals surface area (Å²) in [5.74, 6) is 1.34. The molecule has 0 aliphatic heterocycles. The average molecular weight is 377 g/mol. The largest absolute Gasteiger partial charge is 0.756 e. The number of hydrogen-bond donors (Lipinski definition) is 0. The van der Waals surface area contributed by atoms with Crippen LogP contribution in [0.15, 0.2) is 12.7 Å². The van der Waals surface area contributed by atoms with Gasteiger partial charge >= 0.3 is 0 Å². The molecule has 0 aromatic heterocycles. The van der Waals surface area contributed by atoms with Crippen LogP contribution in [0.1, 0.15) is 38.5 Å². The lowest BCUT2D eigenvalue weighted by atomic mass is 9.82. The molecular weight excluding hydrogens is 341 g/mol. The second kappa shape index (κ2) is 11.5. The highest BCUT2D eigenvalue weighted by atomic mass is 31.2. The normalized spacial score (nSPS) is 24.0. The van der Waals surface area contributed by atoms with Gasteiger partial charge in [0.05, 0.1) is 27.7 Å². The van der Waals surface area contributed by atoms with E-state index in [1.165, 1.54) is 25.7 Å². The van der Waals surface area contributed by atoms with Gasteiger partial charge in [-0.05, 0) is 50.4 Å². The molecule has 148 valence electrons. The Morgan fingerprint density at radius 3 is 2.28 bits per heavy atom. The van der Waals surface area contributed by atoms with Gasteiger partial charge in [0.1, 0.15) is 13.2 Å². The number of phosphoric acid groups is 1. The van der Waals surface area contributed by atoms with Crippen LogP contribution in [0.4, 0.5) is 0 Å². The van der Waals surface area contributed by atoms with E-state index in [2.05, 4.69) is 12.7 Å². The Balaban J connectivity index is 1.97. The summed E-state index contributed by atoms with van der Waals surface area (Å²) in [5.41, 5.74) is 0. The minimum absolute atomic E-state index is 0.140. The minimum Gasteiger partial charge on any atom is -0.756 e. The van der Waals surface area contributed by atoms with Crippen molar-refractivity contribution in [2.75, 3.05) is 54.1 Å². The first-order valence-corrected chi connectivity index (χ1v) is 10.8. The van der Waals surface area contributed by atoms with Gasteiger partial charge in [0.15, 0.2) is 0 Å². The van der Waals surface area contributed by atoms with E-state index in [-0.39, 0.29) is 13.2 Å². The monoisotopic (exact) mass is 377 g/mol. The molecule has 7 heteroatoms. The number of phosphoric ester groups is 1. The fourth-order valence-corrected chi connectivity index (χ4v) is 3.52. The number of allylic oxidation sites excluding steroid dienone is 1. The number of hydrogen-bond acceptors (Lipinski definition) is 5. The van der Waals surface area contributed by atoms with Crippen LogP contribution in [0.5, 0.6) is 0 Å². The zero-order valence-corrected chi connectivity index (χ0v) is 17.0. The summed E-state index contributed by atoms with van der Waals surface area (Å²) in [7, 11) is 1.76. The second-order valence-corrected chi connectivity index (χ2v) is 9.34. The molecule has 0 radical (unpaired) electrons. The van der Waals surface area contributed by atoms with E-state index >= 15 is 0 Å². The number of quaternary nitrogens is 1. The SMILES string of the molecule is C=CC1CCC(COCCCCOP(=O)([O-])OCC[N+](C)(C)C)CC1. The molecule has 1 aliphatic carbocycles. The third kappa shape index (κ3) is 11.9. The van der Waals surface area contributed by atoms with Gasteiger partial charge in [-0.25, -0.2) is 0 Å². The van der Waals surface area contributed by atoms with Gasteiger partial charge in [-0.2, -0.15) is 0 Å². The Bertz CT molecular complexity index is 416. The molecule has 0 heterocycles. The number of nitrogens with zero attached hydrogens (tertiary/aromatic N) is 1. The van der Waals surface area contributed by atoms with Gasteiger partial charge in [-0.1, -0.05) is 6.08 Å². The Morgan fingerprint density at radius 2 is 1.68 bits per heavy atom. The maximum Gasteiger partial charge on any atom is 0.268 e. The van der Waals surface area contributed by atoms with Crippen LogP contribution in [0.25, 0.3) is 0 Å². The lowest BCUT2D eigenvalue weighted by Gasteiger charge is -2.27. The molecule has 0 N–H and O–H groups in total. The van der Waals surface area contributed by atoms with Crippen molar-refractivity contribution in [2.45, 2.75) is 38.5 Å². The van der Waals surface area contributed by atoms with E-state index in [1.807, 2.05) is 21.1 Å². The minimum atomic E-state index is -4.17. The van der Waals surface area contributed by atoms with Crippen LogP contribution >= 0.6 is 7.82 Å². The van der Waals surface area contributed by atoms with E-state index in [9.17, 15) is 9.46 Å². The van der Waals surface area contributed by atoms with Gasteiger partial charge in [-0.15, -0.1) is 6.58 Å². The molecule has 0 bridgehead atoms. The Kier molecular flexibility index (Phi) is 10.5. The first-order chi connectivity index (χ1) is 11.7. The average Bonchev–Trinajstić information content (AvgIpc) is 2.53. The van der Waals surface area contributed by atoms with Crippen molar-refractivity contribution in [3.63, 3.8) is 0 Å². The Labute approximate surface area is 153 Å². The van der Waals surface area contributed by atoms with E-state index in [0.717, 1.165) is 13.0 Å². The number of ether oxygens (including phenoxy) is 1. The van der Waals surface area contributed by atoms with E-state index in [4.69, 9.17) is 13.8 Å². The summed E-state index contributed by atoms with van der Waals surface area (Å²) < 4.78 is 27.7. The lowest BCUT2D eigenvalue weighted by molar-refractivity contribution is -0.870. The lowest BCUT2D eigenvalue weighted by Crippen LogP contribution is -2.37. The quantitative estimate of drug-likeness (QED) is 0.214. The summed E-state index contributed by atoms with van der Waals surface area (Å²) in [6.07, 6.45) is 8.37. The standard InChI is InChI=1S/C18H36NO5P/c1-5-17-8-10-18(11-9-17)16-22-13-6-7-14-23-25(20,21)24-15-12-19(2,3)4/h5,17-18H,1,6-16H2,2-4H3. The van der Waals surface area contributed by atoms with Crippen molar-refractivity contribution in [2.24, 2.45) is 11.8 Å². The van der Waals surface area contributed by atoms with E-state index < -0.39 is 7.82 Å². The predicted octanol–water partition coefficient (Wildman–Crippen LogP) is 2.98. The number of likely N-dealkylation sites (N-methyl/N-ethyl adjacent to an activating group) is 1. The molecule has 1 rings (SSSR count). The molecule has 0 saturated heterocycles. The third-order valence-corrected chi connectivity index (χ3v) is 5.52. The highest BCUT2D eigenvalue weighted by Crippen LogP contribution is 2.38. The van der Waals surface area contributed by atoms with Crippen molar-refractivity contribution in [3.8, 4) is 0 Å². The van der Waals surface area contributed by atoms with Crippen molar-refractivity contribution < 1.29 is 27.7 Å². The first kappa shape index (κ1) is 22.8. The Morgan fingerprint density at radius 1 is 1.08 bits per heavy atom. The molecule has 0 spiro atoms. The third-order valence-electron chi connectivity index (χ3n) is 4.52. The fourth-order valence-electron chi connectivity index (χ4n) is 2.79. The summed E-state index contributed by atoms with van der Waals surface area (Å²) in [6.45, 7) is 6.22. The number of unbranched alkanes of at least 4 members (excludes halogenated alkanes) is 1. The Hall–Kier alpha value is -0.230. The predicted molar refractivity (Wildman–Crippen MR) is 98.1 cm³/mol. The molecule has 0 aromatic carbocycles. The van der Waals surface area contributed by atoms with Crippen molar-refractivity contribution in [1.29, 1.82) is 0 Å². The van der Waals surface area contributed by atoms with Crippen LogP contribution in [0.2, 0.25) is 0 Å². The van der Waals surface area contributed by atoms with Crippen molar-refractivity contribution in [1.82, 2.24) is 0 Å². The maximum absolute atomic E-state index is 11.6. The summed E-state index contributed by atoms with van der Waals surface area (Å²) in [4.78, 5) is 11.6. The van der Waals surface area contributed by atoms with Crippen molar-refractivity contribution in [3.05, 3.63) is 12.7 Å². The zero-order valence-electron chi connectivity index (χ0n) is 16.2. The van der Waals surface area contributed by atoms with Crippen LogP contribution in [-0.2, 0) is 18.3 Å². The summed E-state index contributed by atoms with van der Waals surface area (Å²) in [6, 6.07) is 0. The van der Waals surface area contributed by atoms with E-state index in [1.54, 1.807) is 0 Å². The fraction of sp³-hybridized carbons (Fsp3) is 0.889. The molecule has 0 amide bonds. The van der Waals surface area contributed by atoms with Crippen LogP contribution in [0, 0.1) is 11.8 Å². The van der Waals surface area contributed by atoms with Gasteiger partial charge < -0.3 is 23.2 Å². The van der Waals surface area contributed by atoms with Crippen LogP contribution < -0.4 is 4.89 Å². The highest BCUT2D eigenvalue weighted by Gasteiger charge is 2.19. The molecule has 1 fully saturated rings. The molecule has 1 atom stereocenters. The van der Waals surface area contributed by atoms with Crippen LogP contribution in [-0.4, -0.2) is 58.6 Å². The molecular formula is C18H36NO5P. The molecule has 0 aromatic rings. The maximum atomic E-state index is 11.6.